The van der Waals surface area contributed by atoms with E-state index in [1.807, 2.05) is 0 Å². The quantitative estimate of drug-likeness (QED) is 0.851. The fourth-order valence-electron chi connectivity index (χ4n) is 1.56. The first-order chi connectivity index (χ1) is 7.93. The number of alkyl halides is 3. The Balaban J connectivity index is 2.67. The number of H-pyrrole nitrogens is 1. The largest absolute Gasteiger partial charge is 0.433 e. The van der Waals surface area contributed by atoms with E-state index in [1.165, 1.54) is 6.20 Å². The molecule has 0 aromatic carbocycles. The molecule has 1 atom stereocenters. The van der Waals surface area contributed by atoms with Gasteiger partial charge in [0, 0.05) is 11.3 Å². The number of fused-ring (bicyclic) bond motifs is 1. The minimum Gasteiger partial charge on any atom is -0.396 e. The zero-order chi connectivity index (χ0) is 12.6. The van der Waals surface area contributed by atoms with Crippen molar-refractivity contribution in [2.24, 2.45) is 0 Å². The maximum Gasteiger partial charge on any atom is 0.433 e. The lowest BCUT2D eigenvalue weighted by Crippen LogP contribution is -2.12. The Hall–Kier alpha value is -1.63. The molecule has 7 heteroatoms. The van der Waals surface area contributed by atoms with Gasteiger partial charge >= 0.3 is 6.18 Å². The van der Waals surface area contributed by atoms with Crippen LogP contribution in [0.3, 0.4) is 0 Å². The lowest BCUT2D eigenvalue weighted by Gasteiger charge is -2.12. The Morgan fingerprint density at radius 3 is 2.76 bits per heavy atom. The number of hydrogen-bond acceptors (Lipinski definition) is 3. The molecule has 2 heterocycles. The Morgan fingerprint density at radius 2 is 2.18 bits per heavy atom. The number of pyridine rings is 1. The molecule has 1 unspecified atom stereocenters. The first kappa shape index (κ1) is 11.8. The molecule has 0 amide bonds. The van der Waals surface area contributed by atoms with Crippen LogP contribution in [-0.4, -0.2) is 26.9 Å². The summed E-state index contributed by atoms with van der Waals surface area (Å²) in [6, 6.07) is 0.937. The van der Waals surface area contributed by atoms with Crippen molar-refractivity contribution < 1.29 is 18.3 Å². The summed E-state index contributed by atoms with van der Waals surface area (Å²) in [6.07, 6.45) is -3.20. The van der Waals surface area contributed by atoms with Gasteiger partial charge in [0.25, 0.3) is 0 Å². The minimum absolute atomic E-state index is 0.176. The molecule has 92 valence electrons. The average Bonchev–Trinajstić information content (AvgIpc) is 2.73. The van der Waals surface area contributed by atoms with Crippen LogP contribution in [0.4, 0.5) is 13.2 Å². The van der Waals surface area contributed by atoms with E-state index >= 15 is 0 Å². The van der Waals surface area contributed by atoms with Crippen LogP contribution in [0.25, 0.3) is 10.9 Å². The fraction of sp³-hybridized carbons (Fsp3) is 0.400. The molecule has 2 aromatic heterocycles. The van der Waals surface area contributed by atoms with E-state index in [0.717, 1.165) is 6.07 Å². The molecule has 4 nitrogen and oxygen atoms in total. The number of halogens is 3. The summed E-state index contributed by atoms with van der Waals surface area (Å²) in [5.41, 5.74) is -0.365. The van der Waals surface area contributed by atoms with Gasteiger partial charge in [0.2, 0.25) is 0 Å². The SMILES string of the molecule is CC(CO)c1nc(C(F)(F)F)cc2cn[nH]c12. The van der Waals surface area contributed by atoms with Crippen molar-refractivity contribution in [1.82, 2.24) is 15.2 Å². The van der Waals surface area contributed by atoms with Crippen molar-refractivity contribution in [3.63, 3.8) is 0 Å². The van der Waals surface area contributed by atoms with Gasteiger partial charge in [0.05, 0.1) is 24.0 Å². The fourth-order valence-corrected chi connectivity index (χ4v) is 1.56. The third kappa shape index (κ3) is 2.10. The molecule has 2 N–H and O–H groups in total. The molecule has 2 rings (SSSR count). The molecule has 0 aliphatic heterocycles. The van der Waals surface area contributed by atoms with Gasteiger partial charge in [-0.05, 0) is 6.07 Å². The molecule has 2 aromatic rings. The van der Waals surface area contributed by atoms with E-state index in [-0.39, 0.29) is 12.3 Å². The second-order valence-electron chi connectivity index (χ2n) is 3.81. The molecule has 0 radical (unpaired) electrons. The highest BCUT2D eigenvalue weighted by Crippen LogP contribution is 2.32. The van der Waals surface area contributed by atoms with Gasteiger partial charge in [0.15, 0.2) is 0 Å². The second kappa shape index (κ2) is 3.99. The molecule has 0 saturated carbocycles. The van der Waals surface area contributed by atoms with E-state index < -0.39 is 17.8 Å². The van der Waals surface area contributed by atoms with Crippen LogP contribution in [-0.2, 0) is 6.18 Å². The Bertz CT molecular complexity index is 535. The topological polar surface area (TPSA) is 61.8 Å². The number of nitrogens with zero attached hydrogens (tertiary/aromatic N) is 2. The number of hydrogen-bond donors (Lipinski definition) is 2. The van der Waals surface area contributed by atoms with E-state index in [0.29, 0.717) is 10.9 Å². The zero-order valence-electron chi connectivity index (χ0n) is 8.91. The number of aliphatic hydroxyl groups is 1. The lowest BCUT2D eigenvalue weighted by molar-refractivity contribution is -0.141. The van der Waals surface area contributed by atoms with Gasteiger partial charge in [-0.3, -0.25) is 5.10 Å². The molecular weight excluding hydrogens is 235 g/mol. The summed E-state index contributed by atoms with van der Waals surface area (Å²) in [7, 11) is 0. The van der Waals surface area contributed by atoms with Crippen LogP contribution in [0.1, 0.15) is 24.2 Å². The number of aliphatic hydroxyl groups excluding tert-OH is 1. The van der Waals surface area contributed by atoms with Crippen molar-refractivity contribution in [1.29, 1.82) is 0 Å². The summed E-state index contributed by atoms with van der Waals surface area (Å²) in [6.45, 7) is 1.32. The van der Waals surface area contributed by atoms with E-state index in [4.69, 9.17) is 5.11 Å². The first-order valence-electron chi connectivity index (χ1n) is 4.95. The van der Waals surface area contributed by atoms with Crippen LogP contribution in [0, 0.1) is 0 Å². The standard InChI is InChI=1S/C10H10F3N3O/c1-5(4-17)8-9-6(3-14-16-9)2-7(15-8)10(11,12)13/h2-3,5,17H,4H2,1H3,(H,14,16). The Kier molecular flexibility index (Phi) is 2.78. The predicted octanol–water partition coefficient (Wildman–Crippen LogP) is 2.07. The summed E-state index contributed by atoms with van der Waals surface area (Å²) < 4.78 is 37.8. The van der Waals surface area contributed by atoms with Gasteiger partial charge in [-0.1, -0.05) is 6.92 Å². The monoisotopic (exact) mass is 245 g/mol. The van der Waals surface area contributed by atoms with Crippen molar-refractivity contribution >= 4 is 10.9 Å². The molecule has 0 aliphatic carbocycles. The summed E-state index contributed by atoms with van der Waals surface area (Å²) in [4.78, 5) is 3.56. The number of rotatable bonds is 2. The first-order valence-corrected chi connectivity index (χ1v) is 4.95. The van der Waals surface area contributed by atoms with E-state index in [1.54, 1.807) is 6.92 Å². The Labute approximate surface area is 94.5 Å². The van der Waals surface area contributed by atoms with Crippen molar-refractivity contribution in [2.45, 2.75) is 19.0 Å². The molecule has 17 heavy (non-hydrogen) atoms. The highest BCUT2D eigenvalue weighted by molar-refractivity contribution is 5.80. The molecular formula is C10H10F3N3O. The van der Waals surface area contributed by atoms with Gasteiger partial charge in [-0.2, -0.15) is 18.3 Å². The van der Waals surface area contributed by atoms with Gasteiger partial charge in [-0.25, -0.2) is 4.98 Å². The highest BCUT2D eigenvalue weighted by atomic mass is 19.4. The van der Waals surface area contributed by atoms with Gasteiger partial charge in [0.1, 0.15) is 5.69 Å². The summed E-state index contributed by atoms with van der Waals surface area (Å²) in [5.74, 6) is -0.486. The van der Waals surface area contributed by atoms with Crippen LogP contribution < -0.4 is 0 Å². The number of nitrogens with one attached hydrogen (secondary N) is 1. The summed E-state index contributed by atoms with van der Waals surface area (Å²) in [5, 5.41) is 15.6. The van der Waals surface area contributed by atoms with Crippen LogP contribution in [0.15, 0.2) is 12.3 Å². The van der Waals surface area contributed by atoms with Gasteiger partial charge in [-0.15, -0.1) is 0 Å². The highest BCUT2D eigenvalue weighted by Gasteiger charge is 2.34. The third-order valence-corrected chi connectivity index (χ3v) is 2.49. The molecule has 0 aliphatic rings. The van der Waals surface area contributed by atoms with E-state index in [2.05, 4.69) is 15.2 Å². The van der Waals surface area contributed by atoms with Crippen molar-refractivity contribution in [3.8, 4) is 0 Å². The predicted molar refractivity (Wildman–Crippen MR) is 54.4 cm³/mol. The maximum absolute atomic E-state index is 12.6. The van der Waals surface area contributed by atoms with Gasteiger partial charge < -0.3 is 5.11 Å². The van der Waals surface area contributed by atoms with Crippen LogP contribution in [0.2, 0.25) is 0 Å². The van der Waals surface area contributed by atoms with Crippen molar-refractivity contribution in [3.05, 3.63) is 23.7 Å². The molecule has 0 bridgehead atoms. The molecule has 0 saturated heterocycles. The third-order valence-electron chi connectivity index (χ3n) is 2.49. The number of aromatic amines is 1. The van der Waals surface area contributed by atoms with Crippen molar-refractivity contribution in [2.75, 3.05) is 6.61 Å². The average molecular weight is 245 g/mol. The Morgan fingerprint density at radius 1 is 1.47 bits per heavy atom. The van der Waals surface area contributed by atoms with Crippen LogP contribution in [0.5, 0.6) is 0 Å². The minimum atomic E-state index is -4.50. The second-order valence-corrected chi connectivity index (χ2v) is 3.81. The molecule has 0 fully saturated rings. The number of aromatic nitrogens is 3. The smallest absolute Gasteiger partial charge is 0.396 e. The zero-order valence-corrected chi connectivity index (χ0v) is 8.91. The maximum atomic E-state index is 12.6. The van der Waals surface area contributed by atoms with E-state index in [9.17, 15) is 13.2 Å². The van der Waals surface area contributed by atoms with Crippen LogP contribution >= 0.6 is 0 Å². The normalized spacial score (nSPS) is 14.2. The summed E-state index contributed by atoms with van der Waals surface area (Å²) >= 11 is 0. The molecule has 0 spiro atoms. The lowest BCUT2D eigenvalue weighted by atomic mass is 10.1.